The van der Waals surface area contributed by atoms with Crippen molar-refractivity contribution in [2.45, 2.75) is 89.6 Å². The molecule has 0 radical (unpaired) electrons. The zero-order chi connectivity index (χ0) is 26.5. The molecule has 2 N–H and O–H groups in total. The van der Waals surface area contributed by atoms with Crippen molar-refractivity contribution in [3.63, 3.8) is 0 Å². The van der Waals surface area contributed by atoms with Crippen LogP contribution in [-0.4, -0.2) is 91.9 Å². The number of likely N-dealkylation sites (tertiary alicyclic amines) is 1. The van der Waals surface area contributed by atoms with Crippen LogP contribution in [0, 0.1) is 17.2 Å². The first-order valence-corrected chi connectivity index (χ1v) is 14.3. The van der Waals surface area contributed by atoms with Crippen LogP contribution < -0.4 is 10.6 Å². The summed E-state index contributed by atoms with van der Waals surface area (Å²) in [6.45, 7) is 8.62. The highest BCUT2D eigenvalue weighted by Gasteiger charge is 2.41. The molecule has 3 rings (SSSR count). The van der Waals surface area contributed by atoms with E-state index >= 15 is 0 Å². The van der Waals surface area contributed by atoms with Crippen molar-refractivity contribution in [1.82, 2.24) is 20.4 Å². The Morgan fingerprint density at radius 2 is 1.92 bits per heavy atom. The molecule has 2 saturated heterocycles. The Labute approximate surface area is 222 Å². The number of unbranched alkanes of at least 4 members (excludes halogenated alkanes) is 2. The lowest BCUT2D eigenvalue weighted by Gasteiger charge is -2.34. The second kappa shape index (κ2) is 15.1. The van der Waals surface area contributed by atoms with Gasteiger partial charge in [0.05, 0.1) is 25.9 Å². The van der Waals surface area contributed by atoms with Gasteiger partial charge in [-0.2, -0.15) is 5.26 Å². The van der Waals surface area contributed by atoms with Crippen LogP contribution in [0.2, 0.25) is 0 Å². The average Bonchev–Trinajstić information content (AvgIpc) is 3.32. The molecule has 3 aliphatic rings. The van der Waals surface area contributed by atoms with E-state index in [2.05, 4.69) is 33.5 Å². The summed E-state index contributed by atoms with van der Waals surface area (Å²) in [5, 5.41) is 16.5. The number of nitrogens with zero attached hydrogens (tertiary/aromatic N) is 4. The Hall–Kier alpha value is -2.38. The summed E-state index contributed by atoms with van der Waals surface area (Å²) in [5.74, 6) is 0.557. The van der Waals surface area contributed by atoms with E-state index in [1.165, 1.54) is 25.7 Å². The Morgan fingerprint density at radius 1 is 1.16 bits per heavy atom. The highest BCUT2D eigenvalue weighted by atomic mass is 16.5. The molecule has 2 unspecified atom stereocenters. The minimum absolute atomic E-state index is 0.202. The zero-order valence-corrected chi connectivity index (χ0v) is 22.8. The number of hydrogen-bond acceptors (Lipinski definition) is 6. The number of aliphatic imine (C=N–C) groups is 1. The highest BCUT2D eigenvalue weighted by Crippen LogP contribution is 2.28. The van der Waals surface area contributed by atoms with Crippen LogP contribution in [0.5, 0.6) is 0 Å². The van der Waals surface area contributed by atoms with E-state index in [4.69, 9.17) is 9.47 Å². The number of carbonyl (C=O) groups is 2. The van der Waals surface area contributed by atoms with Crippen molar-refractivity contribution in [2.75, 3.05) is 52.5 Å². The molecular formula is C27H46N6O4. The molecule has 2 atom stereocenters. The number of ether oxygens (including phenoxy) is 2. The van der Waals surface area contributed by atoms with Gasteiger partial charge in [0.25, 0.3) is 0 Å². The van der Waals surface area contributed by atoms with Crippen LogP contribution in [-0.2, 0) is 14.3 Å². The van der Waals surface area contributed by atoms with E-state index in [9.17, 15) is 14.9 Å². The molecule has 10 nitrogen and oxygen atoms in total. The first kappa shape index (κ1) is 29.2. The van der Waals surface area contributed by atoms with Crippen LogP contribution >= 0.6 is 0 Å². The summed E-state index contributed by atoms with van der Waals surface area (Å²) < 4.78 is 10.6. The molecule has 0 spiro atoms. The van der Waals surface area contributed by atoms with E-state index in [0.717, 1.165) is 38.8 Å². The zero-order valence-electron chi connectivity index (χ0n) is 22.8. The largest absolute Gasteiger partial charge is 0.448 e. The monoisotopic (exact) mass is 518 g/mol. The minimum Gasteiger partial charge on any atom is -0.448 e. The molecule has 3 fully saturated rings. The van der Waals surface area contributed by atoms with Crippen molar-refractivity contribution < 1.29 is 19.1 Å². The molecule has 2 heterocycles. The fourth-order valence-electron chi connectivity index (χ4n) is 5.56. The lowest BCUT2D eigenvalue weighted by atomic mass is 9.84. The van der Waals surface area contributed by atoms with E-state index in [1.54, 1.807) is 6.92 Å². The summed E-state index contributed by atoms with van der Waals surface area (Å²) in [5.41, 5.74) is -0.896. The quantitative estimate of drug-likeness (QED) is 0.257. The Balaban J connectivity index is 1.76. The maximum absolute atomic E-state index is 13.8. The molecule has 2 aliphatic heterocycles. The number of guanidine groups is 1. The normalized spacial score (nSPS) is 24.4. The standard InChI is InChI=1S/C27H46N6O4/c1-3-5-9-13-32-14-12-27(20-28,21-32)31-24(34)23(19-22-10-7-6-8-11-22)29-25(30-26(35)37-4-2)33-15-17-36-18-16-33/h22-23H,3-19,21H2,1-2H3,(H,31,34)(H,29,30,35). The molecule has 0 bridgehead atoms. The third-order valence-corrected chi connectivity index (χ3v) is 7.69. The predicted octanol–water partition coefficient (Wildman–Crippen LogP) is 3.03. The van der Waals surface area contributed by atoms with Crippen molar-refractivity contribution in [2.24, 2.45) is 10.9 Å². The topological polar surface area (TPSA) is 119 Å². The van der Waals surface area contributed by atoms with E-state index in [-0.39, 0.29) is 12.5 Å². The van der Waals surface area contributed by atoms with Crippen LogP contribution in [0.4, 0.5) is 4.79 Å². The fraction of sp³-hybridized carbons (Fsp3) is 0.852. The molecular weight excluding hydrogens is 472 g/mol. The maximum atomic E-state index is 13.8. The van der Waals surface area contributed by atoms with Crippen molar-refractivity contribution in [1.29, 1.82) is 5.26 Å². The van der Waals surface area contributed by atoms with E-state index < -0.39 is 17.7 Å². The first-order valence-electron chi connectivity index (χ1n) is 14.3. The summed E-state index contributed by atoms with van der Waals surface area (Å²) in [6.07, 6.45) is 9.73. The van der Waals surface area contributed by atoms with E-state index in [1.807, 2.05) is 4.90 Å². The van der Waals surface area contributed by atoms with Crippen LogP contribution in [0.15, 0.2) is 4.99 Å². The van der Waals surface area contributed by atoms with Gasteiger partial charge in [-0.25, -0.2) is 4.79 Å². The Morgan fingerprint density at radius 3 is 2.59 bits per heavy atom. The third kappa shape index (κ3) is 9.15. The molecule has 0 aromatic heterocycles. The number of amides is 2. The molecule has 0 aromatic rings. The number of nitrogens with one attached hydrogen (secondary N) is 2. The van der Waals surface area contributed by atoms with Gasteiger partial charge >= 0.3 is 6.09 Å². The molecule has 208 valence electrons. The molecule has 1 saturated carbocycles. The van der Waals surface area contributed by atoms with Gasteiger partial charge in [0, 0.05) is 26.2 Å². The maximum Gasteiger partial charge on any atom is 0.436 e. The van der Waals surface area contributed by atoms with E-state index in [0.29, 0.717) is 57.6 Å². The third-order valence-electron chi connectivity index (χ3n) is 7.69. The van der Waals surface area contributed by atoms with Gasteiger partial charge < -0.3 is 25.0 Å². The Kier molecular flexibility index (Phi) is 11.9. The van der Waals surface area contributed by atoms with Gasteiger partial charge in [0.15, 0.2) is 0 Å². The average molecular weight is 519 g/mol. The summed E-state index contributed by atoms with van der Waals surface area (Å²) >= 11 is 0. The number of rotatable bonds is 10. The second-order valence-corrected chi connectivity index (χ2v) is 10.6. The van der Waals surface area contributed by atoms with Gasteiger partial charge in [0.2, 0.25) is 11.9 Å². The van der Waals surface area contributed by atoms with Crippen molar-refractivity contribution in [3.8, 4) is 6.07 Å². The smallest absolute Gasteiger partial charge is 0.436 e. The van der Waals surface area contributed by atoms with Gasteiger partial charge in [-0.1, -0.05) is 51.9 Å². The summed E-state index contributed by atoms with van der Waals surface area (Å²) in [7, 11) is 0. The van der Waals surface area contributed by atoms with Crippen molar-refractivity contribution >= 4 is 18.0 Å². The fourth-order valence-corrected chi connectivity index (χ4v) is 5.56. The molecule has 2 amide bonds. The lowest BCUT2D eigenvalue weighted by Crippen LogP contribution is -2.59. The number of morpholine rings is 1. The van der Waals surface area contributed by atoms with Crippen LogP contribution in [0.1, 0.15) is 78.1 Å². The number of carbonyl (C=O) groups excluding carboxylic acids is 2. The lowest BCUT2D eigenvalue weighted by molar-refractivity contribution is -0.124. The second-order valence-electron chi connectivity index (χ2n) is 10.6. The van der Waals surface area contributed by atoms with Gasteiger partial charge in [0.1, 0.15) is 11.6 Å². The van der Waals surface area contributed by atoms with Crippen LogP contribution in [0.25, 0.3) is 0 Å². The van der Waals surface area contributed by atoms with Crippen LogP contribution in [0.3, 0.4) is 0 Å². The number of nitriles is 1. The Bertz CT molecular complexity index is 803. The molecule has 10 heteroatoms. The highest BCUT2D eigenvalue weighted by molar-refractivity contribution is 5.94. The SMILES string of the molecule is CCCCCN1CCC(C#N)(NC(=O)C(CC2CCCCC2)N/C(=N\C(=O)OCC)N2CCOCC2)C1. The molecule has 37 heavy (non-hydrogen) atoms. The first-order chi connectivity index (χ1) is 18.0. The van der Waals surface area contributed by atoms with Gasteiger partial charge in [-0.15, -0.1) is 4.99 Å². The number of hydrogen-bond donors (Lipinski definition) is 2. The predicted molar refractivity (Wildman–Crippen MR) is 142 cm³/mol. The minimum atomic E-state index is -0.896. The van der Waals surface area contributed by atoms with Gasteiger partial charge in [-0.05, 0) is 38.6 Å². The van der Waals surface area contributed by atoms with Gasteiger partial charge in [-0.3, -0.25) is 9.69 Å². The van der Waals surface area contributed by atoms with Crippen molar-refractivity contribution in [3.05, 3.63) is 0 Å². The summed E-state index contributed by atoms with van der Waals surface area (Å²) in [6, 6.07) is 1.82. The molecule has 1 aliphatic carbocycles. The summed E-state index contributed by atoms with van der Waals surface area (Å²) in [4.78, 5) is 34.5. The molecule has 0 aromatic carbocycles.